The van der Waals surface area contributed by atoms with Crippen molar-refractivity contribution >= 4 is 5.91 Å². The lowest BCUT2D eigenvalue weighted by Gasteiger charge is -2.33. The van der Waals surface area contributed by atoms with Crippen molar-refractivity contribution in [1.29, 1.82) is 0 Å². The molecule has 15 heavy (non-hydrogen) atoms. The first-order valence-corrected chi connectivity index (χ1v) is 4.42. The van der Waals surface area contributed by atoms with Crippen LogP contribution < -0.4 is 5.32 Å². The van der Waals surface area contributed by atoms with Crippen molar-refractivity contribution in [3.8, 4) is 0 Å². The average molecular weight is 219 g/mol. The number of ether oxygens (including phenoxy) is 2. The van der Waals surface area contributed by atoms with Gasteiger partial charge in [0.2, 0.25) is 12.2 Å². The van der Waals surface area contributed by atoms with Crippen molar-refractivity contribution in [3.05, 3.63) is 11.8 Å². The molecule has 0 aromatic heterocycles. The van der Waals surface area contributed by atoms with Crippen molar-refractivity contribution < 1.29 is 25.9 Å². The summed E-state index contributed by atoms with van der Waals surface area (Å²) in [5.41, 5.74) is 0. The van der Waals surface area contributed by atoms with Gasteiger partial charge in [0, 0.05) is 14.0 Å². The molecule has 0 saturated heterocycles. The van der Waals surface area contributed by atoms with E-state index in [2.05, 4.69) is 5.32 Å². The molecular formula is C9H15NO5. The molecule has 6 heteroatoms. The maximum atomic E-state index is 10.9. The summed E-state index contributed by atoms with van der Waals surface area (Å²) >= 11 is 0. The summed E-state index contributed by atoms with van der Waals surface area (Å²) in [4.78, 5) is 10.9. The third kappa shape index (κ3) is 2.92. The summed E-state index contributed by atoms with van der Waals surface area (Å²) in [6.07, 6.45) is -0.829. The molecule has 1 aliphatic rings. The fraction of sp³-hybridized carbons (Fsp3) is 0.667. The number of aliphatic hydroxyl groups is 2. The Balaban J connectivity index is 2.82. The largest absolute Gasteiger partial charge is 0.465 e. The van der Waals surface area contributed by atoms with Gasteiger partial charge in [-0.3, -0.25) is 4.79 Å². The van der Waals surface area contributed by atoms with Crippen molar-refractivity contribution in [3.63, 3.8) is 0 Å². The molecule has 4 atom stereocenters. The Kier molecular flexibility index (Phi) is 3.54. The highest BCUT2D eigenvalue weighted by Crippen LogP contribution is 2.18. The number of rotatable bonds is 3. The van der Waals surface area contributed by atoms with Gasteiger partial charge in [-0.2, -0.15) is 0 Å². The smallest absolute Gasteiger partial charge is 0.222 e. The molecule has 3 N–H and O–H groups in total. The Hall–Kier alpha value is -1.11. The second-order valence-corrected chi connectivity index (χ2v) is 3.14. The highest BCUT2D eigenvalue weighted by atomic mass is 16.7. The van der Waals surface area contributed by atoms with Crippen LogP contribution in [0.25, 0.3) is 0 Å². The fourth-order valence-electron chi connectivity index (χ4n) is 1.34. The first-order valence-electron chi connectivity index (χ1n) is 5.00. The second-order valence-electron chi connectivity index (χ2n) is 3.14. The molecule has 1 unspecified atom stereocenters. The number of nitrogens with one attached hydrogen (secondary N) is 1. The van der Waals surface area contributed by atoms with Gasteiger partial charge in [0.1, 0.15) is 24.5 Å². The third-order valence-corrected chi connectivity index (χ3v) is 1.98. The van der Waals surface area contributed by atoms with E-state index in [1.165, 1.54) is 20.1 Å². The molecule has 0 saturated carbocycles. The number of carbonyl (C=O) groups excluding carboxylic acids is 1. The molecule has 1 rings (SSSR count). The summed E-state index contributed by atoms with van der Waals surface area (Å²) in [7, 11) is 1.34. The van der Waals surface area contributed by atoms with Crippen LogP contribution in [0.5, 0.6) is 0 Å². The van der Waals surface area contributed by atoms with Gasteiger partial charge in [-0.15, -0.1) is 0 Å². The van der Waals surface area contributed by atoms with Gasteiger partial charge in [0.05, 0.1) is 1.37 Å². The molecule has 0 spiro atoms. The maximum Gasteiger partial charge on any atom is 0.222 e. The molecule has 1 amide bonds. The standard InChI is InChI=1S/C9H15NO5/c1-5(12)10-8-7(13)3-6(4-11)15-9(8)14-2/h3,7-9,11,13H,4H2,1-2H3,(H,10,12)/t7-,8+,9+/m0/s1/i4T/t4?,7-,8+,9+. The molecule has 0 bridgehead atoms. The van der Waals surface area contributed by atoms with E-state index in [0.717, 1.165) is 0 Å². The normalized spacial score (nSPS) is 33.5. The van der Waals surface area contributed by atoms with Crippen molar-refractivity contribution in [1.82, 2.24) is 5.32 Å². The van der Waals surface area contributed by atoms with Gasteiger partial charge in [0.25, 0.3) is 0 Å². The minimum absolute atomic E-state index is 0.0963. The molecule has 0 radical (unpaired) electrons. The van der Waals surface area contributed by atoms with Crippen LogP contribution in [0.4, 0.5) is 0 Å². The summed E-state index contributed by atoms with van der Waals surface area (Å²) in [6.45, 7) is -0.275. The Labute approximate surface area is 88.9 Å². The third-order valence-electron chi connectivity index (χ3n) is 1.98. The van der Waals surface area contributed by atoms with E-state index in [4.69, 9.17) is 16.0 Å². The molecule has 0 aromatic rings. The Bertz CT molecular complexity index is 294. The van der Waals surface area contributed by atoms with Crippen molar-refractivity contribution in [2.75, 3.05) is 13.7 Å². The lowest BCUT2D eigenvalue weighted by Crippen LogP contribution is -2.53. The quantitative estimate of drug-likeness (QED) is 0.551. The van der Waals surface area contributed by atoms with Crippen LogP contribution in [0.2, 0.25) is 0 Å². The van der Waals surface area contributed by atoms with Gasteiger partial charge in [-0.25, -0.2) is 0 Å². The van der Waals surface area contributed by atoms with Crippen LogP contribution in [-0.4, -0.2) is 48.2 Å². The predicted octanol–water partition coefficient (Wildman–Crippen LogP) is -1.27. The van der Waals surface area contributed by atoms with Gasteiger partial charge >= 0.3 is 0 Å². The lowest BCUT2D eigenvalue weighted by molar-refractivity contribution is -0.153. The summed E-state index contributed by atoms with van der Waals surface area (Å²) in [5.74, 6) is -0.432. The molecular weight excluding hydrogens is 202 g/mol. The molecule has 6 nitrogen and oxygen atoms in total. The van der Waals surface area contributed by atoms with E-state index in [1.807, 2.05) is 0 Å². The molecule has 86 valence electrons. The van der Waals surface area contributed by atoms with Crippen molar-refractivity contribution in [2.24, 2.45) is 0 Å². The number of hydrogen-bond acceptors (Lipinski definition) is 5. The number of amides is 1. The van der Waals surface area contributed by atoms with Crippen LogP contribution >= 0.6 is 0 Å². The van der Waals surface area contributed by atoms with Crippen LogP contribution in [0, 0.1) is 0 Å². The topological polar surface area (TPSA) is 88.0 Å². The van der Waals surface area contributed by atoms with E-state index in [1.54, 1.807) is 0 Å². The Morgan fingerprint density at radius 2 is 2.53 bits per heavy atom. The van der Waals surface area contributed by atoms with E-state index in [-0.39, 0.29) is 11.7 Å². The Morgan fingerprint density at radius 3 is 3.00 bits per heavy atom. The minimum atomic E-state index is -1.58. The minimum Gasteiger partial charge on any atom is -0.465 e. The molecule has 0 fully saturated rings. The van der Waals surface area contributed by atoms with Crippen LogP contribution in [-0.2, 0) is 14.3 Å². The average Bonchev–Trinajstić information content (AvgIpc) is 2.19. The number of hydrogen-bond donors (Lipinski definition) is 3. The zero-order chi connectivity index (χ0) is 12.3. The molecule has 0 aliphatic carbocycles. The number of methoxy groups -OCH3 is 1. The van der Waals surface area contributed by atoms with E-state index in [9.17, 15) is 9.90 Å². The number of carbonyl (C=O) groups is 1. The molecule has 0 aromatic carbocycles. The van der Waals surface area contributed by atoms with Crippen LogP contribution in [0.15, 0.2) is 11.8 Å². The lowest BCUT2D eigenvalue weighted by atomic mass is 10.1. The maximum absolute atomic E-state index is 10.9. The van der Waals surface area contributed by atoms with E-state index in [0.29, 0.717) is 0 Å². The summed E-state index contributed by atoms with van der Waals surface area (Å²) in [6, 6.07) is -0.759. The van der Waals surface area contributed by atoms with Crippen LogP contribution in [0.1, 0.15) is 8.29 Å². The number of aliphatic hydroxyl groups excluding tert-OH is 2. The first-order chi connectivity index (χ1) is 7.45. The zero-order valence-corrected chi connectivity index (χ0v) is 8.51. The predicted molar refractivity (Wildman–Crippen MR) is 50.7 cm³/mol. The van der Waals surface area contributed by atoms with E-state index >= 15 is 0 Å². The van der Waals surface area contributed by atoms with Crippen molar-refractivity contribution in [2.45, 2.75) is 25.4 Å². The SMILES string of the molecule is [3H]C(O)C1=C[C@H](O)[C@@H](NC(C)=O)[C@H](OC)O1. The highest BCUT2D eigenvalue weighted by Gasteiger charge is 2.34. The molecule has 1 aliphatic heterocycles. The van der Waals surface area contributed by atoms with E-state index < -0.39 is 25.0 Å². The van der Waals surface area contributed by atoms with Crippen LogP contribution in [0.3, 0.4) is 0 Å². The zero-order valence-electron chi connectivity index (χ0n) is 9.51. The second kappa shape index (κ2) is 5.11. The van der Waals surface area contributed by atoms with Gasteiger partial charge in [-0.05, 0) is 6.08 Å². The fourth-order valence-corrected chi connectivity index (χ4v) is 1.34. The highest BCUT2D eigenvalue weighted by molar-refractivity contribution is 5.73. The van der Waals surface area contributed by atoms with Gasteiger partial charge < -0.3 is 25.0 Å². The van der Waals surface area contributed by atoms with Gasteiger partial charge in [0.15, 0.2) is 0 Å². The molecule has 1 heterocycles. The summed E-state index contributed by atoms with van der Waals surface area (Å²) in [5, 5.41) is 21.2. The monoisotopic (exact) mass is 219 g/mol. The van der Waals surface area contributed by atoms with Gasteiger partial charge in [-0.1, -0.05) is 0 Å². The Morgan fingerprint density at radius 1 is 1.87 bits per heavy atom. The summed E-state index contributed by atoms with van der Waals surface area (Å²) < 4.78 is 17.1. The first kappa shape index (κ1) is 10.4.